The third-order valence-corrected chi connectivity index (χ3v) is 25.0. The predicted molar refractivity (Wildman–Crippen MR) is 375 cm³/mol. The second kappa shape index (κ2) is 28.1. The van der Waals surface area contributed by atoms with Gasteiger partial charge in [-0.1, -0.05) is 111 Å². The van der Waals surface area contributed by atoms with Crippen LogP contribution in [0.2, 0.25) is 0 Å². The highest BCUT2D eigenvalue weighted by Crippen LogP contribution is 2.74. The molecule has 11 aliphatic rings. The van der Waals surface area contributed by atoms with Crippen molar-refractivity contribution < 1.29 is 49.1 Å². The number of nitrogens with one attached hydrogen (secondary N) is 5. The number of fused-ring (bicyclic) bond motifs is 5. The van der Waals surface area contributed by atoms with E-state index in [1.54, 1.807) is 13.0 Å². The van der Waals surface area contributed by atoms with Crippen molar-refractivity contribution in [3.63, 3.8) is 0 Å². The standard InChI is InChI=1S/C82H101N5O10/c1-4-30-84-48-54-36-51-23-31-85-47-53-14-11-15-55(38-53)62-19-18-61(90)43-66(62)71-63-22-29-82(69(96-78(93)74(71)82)40-52(25-33-88)35-50-12-7-5-8-13-50)73-64(63)20-21-65-72(73)77(92)97-76(65)68(91)46-80(59-24-32-86-70(42-59)83-3)44-57-41-60(81(95)27-9-6-10-28-81)17-16-58(26-34-89)79(2,94)49-87-75(67(57)45-80)56(37-51)39-54/h5,7-8,11-15,18-19,34,36-40,43,52,57-60,63-64,67,70,73,75,83-88,90,92,94-95H,4,6,9-10,20-33,35,41-42,44-49H2,1-3H3. The number of allylic oxidation sites excluding steroid dienone is 3. The number of benzene rings is 4. The maximum Gasteiger partial charge on any atom is 0.340 e. The summed E-state index contributed by atoms with van der Waals surface area (Å²) >= 11 is 0. The van der Waals surface area contributed by atoms with Crippen molar-refractivity contribution in [1.82, 2.24) is 26.6 Å². The molecular formula is C82H101N5O10. The molecular weight excluding hydrogens is 1210 g/mol. The molecule has 0 amide bonds. The number of phenols is 1. The number of aldehydes is 1. The average molecular weight is 1320 g/mol. The summed E-state index contributed by atoms with van der Waals surface area (Å²) in [6, 6.07) is 30.8. The van der Waals surface area contributed by atoms with Gasteiger partial charge < -0.3 is 66.1 Å². The first-order valence-electron chi connectivity index (χ1n) is 36.8. The number of hydrogen-bond donors (Lipinski definition) is 10. The molecule has 1 aromatic heterocycles. The lowest BCUT2D eigenvalue weighted by molar-refractivity contribution is -0.132. The fraction of sp³-hybridized carbons (Fsp3) is 0.549. The SMILES string of the molecule is CCCNCc1cc2cc(c1)C1NCC(C)(O)C(CC=O)C#CC(C3(O)CCCCC3)CC3CC(C4CCNC(NC)C4)(CC(=O)c4oc(O)c5c4CCC4C6CCC7(C(=CC(CCO)Cc8ccccc8)OC(=O)C7=C6c6cc(O)ccc6-c6cccc(c6)CNCC2)C54)CC31. The number of rotatable bonds is 14. The molecule has 1 spiro atoms. The zero-order chi connectivity index (χ0) is 67.2. The van der Waals surface area contributed by atoms with E-state index in [1.165, 1.54) is 5.56 Å². The normalized spacial score (nSPS) is 32.2. The Labute approximate surface area is 572 Å². The minimum atomic E-state index is -1.44. The van der Waals surface area contributed by atoms with Gasteiger partial charge in [-0.05, 0) is 245 Å². The Morgan fingerprint density at radius 2 is 1.68 bits per heavy atom. The number of ether oxygens (including phenoxy) is 1. The fourth-order valence-corrected chi connectivity index (χ4v) is 20.5. The number of aliphatic hydroxyl groups is 3. The number of Topliss-reactive ketones (excluding diaryl/α,β-unsaturated/α-hetero) is 1. The maximum atomic E-state index is 16.6. The fourth-order valence-electron chi connectivity index (χ4n) is 20.5. The summed E-state index contributed by atoms with van der Waals surface area (Å²) in [5.74, 6) is 4.66. The van der Waals surface area contributed by atoms with Crippen LogP contribution in [0, 0.1) is 70.0 Å². The Bertz CT molecular complexity index is 3870. The summed E-state index contributed by atoms with van der Waals surface area (Å²) in [6.45, 7) is 7.56. The number of phenolic OH excluding ortho intramolecular Hbond substituents is 1. The van der Waals surface area contributed by atoms with E-state index in [0.717, 1.165) is 109 Å². The molecule has 14 atom stereocenters. The smallest absolute Gasteiger partial charge is 0.340 e. The van der Waals surface area contributed by atoms with Crippen LogP contribution in [0.4, 0.5) is 0 Å². The highest BCUT2D eigenvalue weighted by atomic mass is 16.5. The molecule has 4 aromatic carbocycles. The molecule has 5 aromatic rings. The number of carbonyl (C=O) groups is 3. The van der Waals surface area contributed by atoms with Crippen LogP contribution in [0.3, 0.4) is 0 Å². The van der Waals surface area contributed by atoms with E-state index >= 15 is 9.59 Å². The zero-order valence-corrected chi connectivity index (χ0v) is 57.0. The molecule has 2 saturated heterocycles. The maximum absolute atomic E-state index is 16.6. The van der Waals surface area contributed by atoms with Gasteiger partial charge in [0.05, 0.1) is 34.3 Å². The van der Waals surface area contributed by atoms with E-state index in [0.29, 0.717) is 113 Å². The van der Waals surface area contributed by atoms with Crippen LogP contribution in [0.1, 0.15) is 190 Å². The first-order valence-corrected chi connectivity index (χ1v) is 36.8. The molecule has 514 valence electrons. The lowest BCUT2D eigenvalue weighted by Crippen LogP contribution is -2.50. The van der Waals surface area contributed by atoms with Gasteiger partial charge >= 0.3 is 5.97 Å². The molecule has 10 N–H and O–H groups in total. The number of hydrogen-bond acceptors (Lipinski definition) is 15. The van der Waals surface area contributed by atoms with E-state index in [1.807, 2.05) is 37.4 Å². The zero-order valence-electron chi connectivity index (χ0n) is 57.0. The number of furan rings is 1. The second-order valence-corrected chi connectivity index (χ2v) is 30.9. The summed E-state index contributed by atoms with van der Waals surface area (Å²) in [7, 11) is 1.99. The predicted octanol–water partition coefficient (Wildman–Crippen LogP) is 11.8. The van der Waals surface area contributed by atoms with Gasteiger partial charge in [-0.15, -0.1) is 0 Å². The Morgan fingerprint density at radius 3 is 2.48 bits per heavy atom. The Balaban J connectivity index is 0.967. The van der Waals surface area contributed by atoms with Gasteiger partial charge in [0, 0.05) is 68.1 Å². The van der Waals surface area contributed by atoms with Crippen LogP contribution in [0.25, 0.3) is 16.7 Å². The van der Waals surface area contributed by atoms with Gasteiger partial charge in [0.1, 0.15) is 17.8 Å². The van der Waals surface area contributed by atoms with Gasteiger partial charge in [-0.3, -0.25) is 4.79 Å². The van der Waals surface area contributed by atoms with Gasteiger partial charge in [-0.25, -0.2) is 4.79 Å². The van der Waals surface area contributed by atoms with E-state index in [2.05, 4.69) is 106 Å². The third kappa shape index (κ3) is 12.9. The number of piperidine rings is 1. The number of aromatic hydroxyl groups is 2. The minimum Gasteiger partial charge on any atom is -0.508 e. The van der Waals surface area contributed by atoms with E-state index in [-0.39, 0.29) is 96.9 Å². The van der Waals surface area contributed by atoms with Gasteiger partial charge in [0.2, 0.25) is 0 Å². The first kappa shape index (κ1) is 67.5. The van der Waals surface area contributed by atoms with Crippen molar-refractivity contribution in [3.05, 3.63) is 159 Å². The molecule has 14 unspecified atom stereocenters. The average Bonchev–Trinajstić information content (AvgIpc) is 1.59. The monoisotopic (exact) mass is 1320 g/mol. The van der Waals surface area contributed by atoms with E-state index in [4.69, 9.17) is 9.15 Å². The third-order valence-electron chi connectivity index (χ3n) is 25.0. The highest BCUT2D eigenvalue weighted by molar-refractivity contribution is 6.07. The van der Waals surface area contributed by atoms with Crippen LogP contribution in [0.5, 0.6) is 11.7 Å². The molecule has 6 heterocycles. The topological polar surface area (TPSA) is 235 Å². The first-order chi connectivity index (χ1) is 47.0. The summed E-state index contributed by atoms with van der Waals surface area (Å²) < 4.78 is 13.6. The summed E-state index contributed by atoms with van der Waals surface area (Å²) in [5.41, 5.74) is 6.60. The van der Waals surface area contributed by atoms with Crippen LogP contribution in [0.15, 0.2) is 113 Å². The molecule has 16 rings (SSSR count). The van der Waals surface area contributed by atoms with Crippen LogP contribution in [-0.2, 0) is 46.7 Å². The van der Waals surface area contributed by atoms with Crippen molar-refractivity contribution in [1.29, 1.82) is 0 Å². The molecule has 5 fully saturated rings. The lowest BCUT2D eigenvalue weighted by Gasteiger charge is -2.56. The quantitative estimate of drug-likeness (QED) is 0.0216. The summed E-state index contributed by atoms with van der Waals surface area (Å²) in [6.07, 6.45) is 15.7. The molecule has 15 nitrogen and oxygen atoms in total. The van der Waals surface area contributed by atoms with Gasteiger partial charge in [-0.2, -0.15) is 0 Å². The molecule has 3 saturated carbocycles. The van der Waals surface area contributed by atoms with Crippen molar-refractivity contribution in [2.24, 2.45) is 58.2 Å². The number of carbonyl (C=O) groups excluding carboxylic acids is 3. The molecule has 14 bridgehead atoms. The number of cyclic esters (lactones) is 1. The molecule has 5 aliphatic heterocycles. The van der Waals surface area contributed by atoms with Crippen LogP contribution >= 0.6 is 0 Å². The second-order valence-electron chi connectivity index (χ2n) is 30.9. The van der Waals surface area contributed by atoms with Crippen molar-refractivity contribution in [2.45, 2.75) is 185 Å². The molecule has 6 aliphatic carbocycles. The number of ketones is 1. The molecule has 15 heteroatoms. The highest BCUT2D eigenvalue weighted by Gasteiger charge is 2.68. The number of aliphatic hydroxyl groups excluding tert-OH is 1. The van der Waals surface area contributed by atoms with E-state index in [9.17, 15) is 30.3 Å². The van der Waals surface area contributed by atoms with Crippen molar-refractivity contribution >= 4 is 23.6 Å². The largest absolute Gasteiger partial charge is 0.508 e. The van der Waals surface area contributed by atoms with Crippen molar-refractivity contribution in [2.75, 3.05) is 39.8 Å². The Hall–Kier alpha value is -6.71. The number of β-amino-alcohol motifs (C(OH)–C–C–N with tert-alkyl or cyclic N) is 1. The van der Waals surface area contributed by atoms with Crippen LogP contribution < -0.4 is 26.6 Å². The molecule has 0 radical (unpaired) electrons. The van der Waals surface area contributed by atoms with Crippen LogP contribution in [-0.4, -0.2) is 101 Å². The number of esters is 1. The minimum absolute atomic E-state index is 0.00415. The van der Waals surface area contributed by atoms with E-state index < -0.39 is 45.8 Å². The van der Waals surface area contributed by atoms with Gasteiger partial charge in [0.15, 0.2) is 11.5 Å². The van der Waals surface area contributed by atoms with Crippen molar-refractivity contribution in [3.8, 4) is 34.7 Å². The summed E-state index contributed by atoms with van der Waals surface area (Å²) in [4.78, 5) is 44.7. The van der Waals surface area contributed by atoms with Gasteiger partial charge in [0.25, 0.3) is 5.95 Å². The molecule has 97 heavy (non-hydrogen) atoms. The lowest BCUT2D eigenvalue weighted by atomic mass is 9.44. The summed E-state index contributed by atoms with van der Waals surface area (Å²) in [5, 5.41) is 80.0. The Morgan fingerprint density at radius 1 is 0.835 bits per heavy atom. The Kier molecular flexibility index (Phi) is 19.6.